The van der Waals surface area contributed by atoms with Crippen LogP contribution in [0.5, 0.6) is 5.75 Å². The molecule has 53 heavy (non-hydrogen) atoms. The monoisotopic (exact) mass is 725 g/mol. The highest BCUT2D eigenvalue weighted by atomic mass is 19.1. The Balaban J connectivity index is 1.16. The molecule has 0 bridgehead atoms. The highest BCUT2D eigenvalue weighted by Crippen LogP contribution is 2.33. The van der Waals surface area contributed by atoms with Gasteiger partial charge in [-0.25, -0.2) is 19.2 Å². The van der Waals surface area contributed by atoms with E-state index in [2.05, 4.69) is 28.2 Å². The van der Waals surface area contributed by atoms with Crippen LogP contribution >= 0.6 is 0 Å². The first-order valence-corrected chi connectivity index (χ1v) is 18.4. The Kier molecular flexibility index (Phi) is 10.6. The number of phenolic OH excluding ortho intramolecular Hbond substituents is 1. The number of benzene rings is 2. The van der Waals surface area contributed by atoms with Crippen LogP contribution in [-0.4, -0.2) is 141 Å². The summed E-state index contributed by atoms with van der Waals surface area (Å²) in [7, 11) is 0. The Morgan fingerprint density at radius 3 is 2.40 bits per heavy atom. The van der Waals surface area contributed by atoms with Gasteiger partial charge in [0.25, 0.3) is 0 Å². The van der Waals surface area contributed by atoms with Crippen molar-refractivity contribution < 1.29 is 23.9 Å². The number of hydrogen-bond acceptors (Lipinski definition) is 9. The van der Waals surface area contributed by atoms with E-state index in [4.69, 9.17) is 10.7 Å². The van der Waals surface area contributed by atoms with E-state index in [1.165, 1.54) is 22.0 Å². The number of amides is 4. The summed E-state index contributed by atoms with van der Waals surface area (Å²) >= 11 is 0. The minimum atomic E-state index is -1.17. The fourth-order valence-corrected chi connectivity index (χ4v) is 8.16. The molecule has 0 spiro atoms. The lowest BCUT2D eigenvalue weighted by atomic mass is 9.95. The molecule has 0 saturated carbocycles. The Morgan fingerprint density at radius 2 is 1.72 bits per heavy atom. The standard InChI is InChI=1S/C39H48FN9O4/c1-3-15-47-33(20-27-9-6-5-7-10-27)38(52)48-34(21-28-13-14-31(50)22-32(28)40)37(51)46(26-36(48)49(47)39(41)53)23-29-11-8-12-35(42-29)45-24-30(25-45)44-18-16-43(4-2)17-19-44/h3,5-14,22,30,33-34,36,50H,1,4,15-21,23-26H2,2H3,(H2,41,53). The molecule has 0 aliphatic carbocycles. The van der Waals surface area contributed by atoms with Gasteiger partial charge in [-0.3, -0.25) is 14.5 Å². The predicted molar refractivity (Wildman–Crippen MR) is 198 cm³/mol. The number of aromatic nitrogens is 1. The molecule has 280 valence electrons. The van der Waals surface area contributed by atoms with E-state index in [0.29, 0.717) is 11.7 Å². The number of aromatic hydroxyl groups is 1. The van der Waals surface area contributed by atoms with Crippen molar-refractivity contribution in [3.8, 4) is 5.75 Å². The van der Waals surface area contributed by atoms with Gasteiger partial charge in [-0.2, -0.15) is 5.01 Å². The highest BCUT2D eigenvalue weighted by molar-refractivity contribution is 5.93. The zero-order chi connectivity index (χ0) is 37.2. The molecule has 4 amide bonds. The second kappa shape index (κ2) is 15.5. The Hall–Kier alpha value is -5.05. The van der Waals surface area contributed by atoms with Gasteiger partial charge < -0.3 is 30.4 Å². The number of fused-ring (bicyclic) bond motifs is 1. The van der Waals surface area contributed by atoms with Gasteiger partial charge >= 0.3 is 6.03 Å². The van der Waals surface area contributed by atoms with Crippen LogP contribution in [0.15, 0.2) is 79.4 Å². The minimum absolute atomic E-state index is 0.0325. The van der Waals surface area contributed by atoms with Gasteiger partial charge in [-0.15, -0.1) is 6.58 Å². The number of hydrazine groups is 1. The van der Waals surface area contributed by atoms with Gasteiger partial charge in [-0.1, -0.05) is 55.5 Å². The normalized spacial score (nSPS) is 23.2. The maximum absolute atomic E-state index is 15.3. The van der Waals surface area contributed by atoms with Crippen molar-refractivity contribution in [3.63, 3.8) is 0 Å². The number of phenols is 1. The molecule has 3 N–H and O–H groups in total. The van der Waals surface area contributed by atoms with Gasteiger partial charge in [0.2, 0.25) is 11.8 Å². The molecular formula is C39H48FN9O4. The number of anilines is 1. The van der Waals surface area contributed by atoms with Crippen molar-refractivity contribution in [2.24, 2.45) is 5.73 Å². The summed E-state index contributed by atoms with van der Waals surface area (Å²) in [4.78, 5) is 57.8. The molecule has 0 radical (unpaired) electrons. The van der Waals surface area contributed by atoms with Crippen molar-refractivity contribution in [2.75, 3.05) is 63.8 Å². The number of piperazine rings is 2. The first-order valence-electron chi connectivity index (χ1n) is 18.4. The third-order valence-corrected chi connectivity index (χ3v) is 11.1. The largest absolute Gasteiger partial charge is 0.508 e. The number of nitrogens with two attached hydrogens (primary N) is 1. The summed E-state index contributed by atoms with van der Waals surface area (Å²) in [5.74, 6) is -0.904. The summed E-state index contributed by atoms with van der Waals surface area (Å²) in [5, 5.41) is 12.9. The average Bonchev–Trinajstić information content (AvgIpc) is 3.13. The molecule has 14 heteroatoms. The lowest BCUT2D eigenvalue weighted by Crippen LogP contribution is -2.79. The number of rotatable bonds is 11. The number of primary amides is 1. The smallest absolute Gasteiger partial charge is 0.331 e. The maximum atomic E-state index is 15.3. The van der Waals surface area contributed by atoms with Crippen LogP contribution in [0.2, 0.25) is 0 Å². The molecule has 7 rings (SSSR count). The molecule has 4 aliphatic heterocycles. The van der Waals surface area contributed by atoms with Crippen LogP contribution in [-0.2, 0) is 29.0 Å². The third-order valence-electron chi connectivity index (χ3n) is 11.1. The summed E-state index contributed by atoms with van der Waals surface area (Å²) < 4.78 is 15.3. The van der Waals surface area contributed by atoms with Gasteiger partial charge in [0, 0.05) is 64.3 Å². The molecule has 3 unspecified atom stereocenters. The maximum Gasteiger partial charge on any atom is 0.331 e. The molecule has 3 atom stereocenters. The van der Waals surface area contributed by atoms with E-state index in [-0.39, 0.29) is 49.7 Å². The van der Waals surface area contributed by atoms with Crippen molar-refractivity contribution in [1.29, 1.82) is 0 Å². The van der Waals surface area contributed by atoms with Crippen LogP contribution in [0.25, 0.3) is 0 Å². The SMILES string of the molecule is C=CCN1C(Cc2ccccc2)C(=O)N2C(Cc3ccc(O)cc3F)C(=O)N(Cc3cccc(N4CC(N5CCN(CC)CC5)C4)n3)CC2N1C(N)=O. The molecule has 2 aromatic carbocycles. The van der Waals surface area contributed by atoms with Crippen molar-refractivity contribution >= 4 is 23.7 Å². The van der Waals surface area contributed by atoms with E-state index in [1.54, 1.807) is 16.0 Å². The van der Waals surface area contributed by atoms with Gasteiger partial charge in [0.05, 0.1) is 18.8 Å². The van der Waals surface area contributed by atoms with E-state index < -0.39 is 36.0 Å². The molecule has 4 aliphatic rings. The quantitative estimate of drug-likeness (QED) is 0.286. The second-order valence-corrected chi connectivity index (χ2v) is 14.3. The van der Waals surface area contributed by atoms with Crippen LogP contribution in [0.3, 0.4) is 0 Å². The van der Waals surface area contributed by atoms with Crippen LogP contribution in [0.4, 0.5) is 15.0 Å². The number of likely N-dealkylation sites (N-methyl/N-ethyl adjacent to an activating group) is 1. The Labute approximate surface area is 309 Å². The molecule has 4 fully saturated rings. The van der Waals surface area contributed by atoms with Gasteiger partial charge in [0.1, 0.15) is 35.6 Å². The number of carbonyl (C=O) groups is 3. The van der Waals surface area contributed by atoms with Crippen molar-refractivity contribution in [2.45, 2.75) is 50.6 Å². The highest BCUT2D eigenvalue weighted by Gasteiger charge is 2.54. The van der Waals surface area contributed by atoms with Gasteiger partial charge in [-0.05, 0) is 42.3 Å². The number of pyridine rings is 1. The molecule has 3 aromatic rings. The third kappa shape index (κ3) is 7.44. The summed E-state index contributed by atoms with van der Waals surface area (Å²) in [5.41, 5.74) is 7.73. The molecule has 5 heterocycles. The average molecular weight is 726 g/mol. The van der Waals surface area contributed by atoms with Crippen molar-refractivity contribution in [1.82, 2.24) is 34.6 Å². The zero-order valence-electron chi connectivity index (χ0n) is 30.1. The number of hydrogen-bond donors (Lipinski definition) is 2. The second-order valence-electron chi connectivity index (χ2n) is 14.3. The molecular weight excluding hydrogens is 677 g/mol. The lowest BCUT2D eigenvalue weighted by Gasteiger charge is -2.57. The minimum Gasteiger partial charge on any atom is -0.508 e. The Morgan fingerprint density at radius 1 is 0.962 bits per heavy atom. The topological polar surface area (TPSA) is 133 Å². The van der Waals surface area contributed by atoms with Crippen LogP contribution in [0.1, 0.15) is 23.7 Å². The number of halogens is 1. The van der Waals surface area contributed by atoms with Crippen LogP contribution in [0, 0.1) is 5.82 Å². The lowest BCUT2D eigenvalue weighted by molar-refractivity contribution is -0.200. The van der Waals surface area contributed by atoms with Crippen molar-refractivity contribution in [3.05, 3.63) is 102 Å². The van der Waals surface area contributed by atoms with E-state index in [1.807, 2.05) is 48.5 Å². The molecule has 13 nitrogen and oxygen atoms in total. The van der Waals surface area contributed by atoms with E-state index in [9.17, 15) is 19.5 Å². The fourth-order valence-electron chi connectivity index (χ4n) is 8.16. The predicted octanol–water partition coefficient (Wildman–Crippen LogP) is 2.27. The fraction of sp³-hybridized carbons (Fsp3) is 0.436. The van der Waals surface area contributed by atoms with E-state index in [0.717, 1.165) is 63.3 Å². The number of urea groups is 1. The summed E-state index contributed by atoms with van der Waals surface area (Å²) in [6.07, 6.45) is 0.696. The van der Waals surface area contributed by atoms with E-state index >= 15 is 4.39 Å². The number of carbonyl (C=O) groups excluding carboxylic acids is 3. The zero-order valence-corrected chi connectivity index (χ0v) is 30.1. The summed E-state index contributed by atoms with van der Waals surface area (Å²) in [6.45, 7) is 13.4. The first kappa shape index (κ1) is 36.3. The molecule has 4 saturated heterocycles. The van der Waals surface area contributed by atoms with Gasteiger partial charge in [0.15, 0.2) is 0 Å². The summed E-state index contributed by atoms with van der Waals surface area (Å²) in [6, 6.07) is 16.5. The Bertz CT molecular complexity index is 1820. The number of nitrogens with zero attached hydrogens (tertiary/aromatic N) is 8. The first-order chi connectivity index (χ1) is 25.6. The molecule has 1 aromatic heterocycles. The van der Waals surface area contributed by atoms with Crippen LogP contribution < -0.4 is 10.6 Å².